The molecule has 0 aromatic rings. The van der Waals surface area contributed by atoms with Crippen molar-refractivity contribution in [1.29, 1.82) is 0 Å². The van der Waals surface area contributed by atoms with Gasteiger partial charge in [-0.2, -0.15) is 0 Å². The Kier molecular flexibility index (Phi) is 4.34. The summed E-state index contributed by atoms with van der Waals surface area (Å²) < 4.78 is 1.55. The summed E-state index contributed by atoms with van der Waals surface area (Å²) in [7, 11) is 0. The van der Waals surface area contributed by atoms with Gasteiger partial charge in [0.05, 0.1) is 0 Å². The average molecular weight is 172 g/mol. The molecule has 0 aromatic heterocycles. The van der Waals surface area contributed by atoms with Gasteiger partial charge in [0, 0.05) is 0 Å². The molecular weight excluding hydrogens is 157 g/mol. The van der Waals surface area contributed by atoms with Crippen LogP contribution in [0, 0.1) is 0 Å². The zero-order chi connectivity index (χ0) is 6.57. The Morgan fingerprint density at radius 1 is 1.50 bits per heavy atom. The van der Waals surface area contributed by atoms with Gasteiger partial charge in [0.1, 0.15) is 0 Å². The molecular formula is C7H15Ge. The van der Waals surface area contributed by atoms with Gasteiger partial charge in [0.2, 0.25) is 0 Å². The van der Waals surface area contributed by atoms with Crippen molar-refractivity contribution in [1.82, 2.24) is 0 Å². The molecule has 0 aliphatic rings. The molecule has 0 spiro atoms. The van der Waals surface area contributed by atoms with Crippen LogP contribution in [0.5, 0.6) is 0 Å². The molecule has 0 aliphatic carbocycles. The molecule has 0 N–H and O–H groups in total. The molecule has 0 amide bonds. The van der Waals surface area contributed by atoms with Crippen molar-refractivity contribution in [2.75, 3.05) is 0 Å². The second-order valence-electron chi connectivity index (χ2n) is 2.35. The van der Waals surface area contributed by atoms with Gasteiger partial charge in [0.25, 0.3) is 0 Å². The van der Waals surface area contributed by atoms with Crippen LogP contribution in [-0.2, 0) is 0 Å². The Morgan fingerprint density at radius 3 is 2.12 bits per heavy atom. The van der Waals surface area contributed by atoms with Crippen LogP contribution in [0.1, 0.15) is 19.8 Å². The fourth-order valence-electron chi connectivity index (χ4n) is 0.552. The Labute approximate surface area is 57.1 Å². The van der Waals surface area contributed by atoms with Crippen molar-refractivity contribution in [2.24, 2.45) is 0 Å². The van der Waals surface area contributed by atoms with E-state index in [9.17, 15) is 0 Å². The first-order chi connectivity index (χ1) is 3.68. The molecule has 0 aromatic carbocycles. The second-order valence-corrected chi connectivity index (χ2v) is 8.03. The minimum atomic E-state index is -0.707. The van der Waals surface area contributed by atoms with Gasteiger partial charge in [-0.3, -0.25) is 0 Å². The van der Waals surface area contributed by atoms with Gasteiger partial charge in [-0.05, 0) is 0 Å². The number of rotatable bonds is 3. The molecule has 1 radical (unpaired) electrons. The molecule has 0 nitrogen and oxygen atoms in total. The predicted molar refractivity (Wildman–Crippen MR) is 41.5 cm³/mol. The summed E-state index contributed by atoms with van der Waals surface area (Å²) in [5.74, 6) is 4.72. The molecule has 0 heterocycles. The van der Waals surface area contributed by atoms with Crippen molar-refractivity contribution in [3.63, 3.8) is 0 Å². The summed E-state index contributed by atoms with van der Waals surface area (Å²) in [5, 5.41) is 0. The molecule has 0 bridgehead atoms. The summed E-state index contributed by atoms with van der Waals surface area (Å²) in [5.41, 5.74) is 0. The molecule has 0 atom stereocenters. The normalized spacial score (nSPS) is 10.0. The molecule has 47 valence electrons. The third kappa shape index (κ3) is 3.31. The fraction of sp³-hybridized carbons (Fsp3) is 0.714. The van der Waals surface area contributed by atoms with Crippen molar-refractivity contribution >= 4 is 14.3 Å². The van der Waals surface area contributed by atoms with E-state index in [1.165, 1.54) is 12.8 Å². The van der Waals surface area contributed by atoms with Gasteiger partial charge in [0.15, 0.2) is 0 Å². The van der Waals surface area contributed by atoms with Crippen molar-refractivity contribution in [3.8, 4) is 0 Å². The van der Waals surface area contributed by atoms with Crippen LogP contribution in [0.3, 0.4) is 0 Å². The number of hydrogen-bond acceptors (Lipinski definition) is 0. The van der Waals surface area contributed by atoms with E-state index in [1.54, 1.807) is 4.41 Å². The Bertz CT molecular complexity index is 74.5. The molecule has 0 saturated carbocycles. The minimum absolute atomic E-state index is 0.707. The molecule has 0 unspecified atom stereocenters. The molecule has 1 heteroatoms. The molecule has 0 fully saturated rings. The van der Waals surface area contributed by atoms with Gasteiger partial charge < -0.3 is 0 Å². The fourth-order valence-corrected chi connectivity index (χ4v) is 2.13. The summed E-state index contributed by atoms with van der Waals surface area (Å²) in [4.78, 5) is 0. The van der Waals surface area contributed by atoms with Gasteiger partial charge in [-0.15, -0.1) is 0 Å². The summed E-state index contributed by atoms with van der Waals surface area (Å²) in [6.07, 6.45) is 2.54. The van der Waals surface area contributed by atoms with E-state index in [1.807, 2.05) is 0 Å². The predicted octanol–water partition coefficient (Wildman–Crippen LogP) is 2.64. The van der Waals surface area contributed by atoms with Gasteiger partial charge in [-0.25, -0.2) is 0 Å². The summed E-state index contributed by atoms with van der Waals surface area (Å²) >= 11 is -0.707. The van der Waals surface area contributed by atoms with Crippen LogP contribution in [0.2, 0.25) is 11.5 Å². The maximum absolute atomic E-state index is 4.02. The van der Waals surface area contributed by atoms with Crippen LogP contribution in [-0.4, -0.2) is 14.3 Å². The topological polar surface area (TPSA) is 0 Å². The zero-order valence-electron chi connectivity index (χ0n) is 6.12. The van der Waals surface area contributed by atoms with Gasteiger partial charge >= 0.3 is 56.6 Å². The Balaban J connectivity index is 3.33. The third-order valence-electron chi connectivity index (χ3n) is 1.26. The van der Waals surface area contributed by atoms with E-state index < -0.39 is 14.3 Å². The SMILES string of the molecule is C=[C](CCC)[Ge]([CH3])[CH3]. The van der Waals surface area contributed by atoms with E-state index in [0.717, 1.165) is 0 Å². The third-order valence-corrected chi connectivity index (χ3v) is 4.75. The monoisotopic (exact) mass is 173 g/mol. The van der Waals surface area contributed by atoms with Crippen molar-refractivity contribution in [3.05, 3.63) is 11.0 Å². The first kappa shape index (κ1) is 8.28. The first-order valence-electron chi connectivity index (χ1n) is 3.16. The van der Waals surface area contributed by atoms with E-state index in [-0.39, 0.29) is 0 Å². The quantitative estimate of drug-likeness (QED) is 0.573. The molecule has 0 aliphatic heterocycles. The Morgan fingerprint density at radius 2 is 2.00 bits per heavy atom. The molecule has 0 rings (SSSR count). The van der Waals surface area contributed by atoms with Crippen LogP contribution in [0.25, 0.3) is 0 Å². The first-order valence-corrected chi connectivity index (χ1v) is 8.41. The van der Waals surface area contributed by atoms with Crippen molar-refractivity contribution < 1.29 is 0 Å². The van der Waals surface area contributed by atoms with E-state index in [4.69, 9.17) is 0 Å². The van der Waals surface area contributed by atoms with Crippen molar-refractivity contribution in [2.45, 2.75) is 31.3 Å². The summed E-state index contributed by atoms with van der Waals surface area (Å²) in [6.45, 7) is 6.23. The zero-order valence-corrected chi connectivity index (χ0v) is 8.22. The van der Waals surface area contributed by atoms with Gasteiger partial charge in [-0.1, -0.05) is 0 Å². The number of hydrogen-bond donors (Lipinski definition) is 0. The van der Waals surface area contributed by atoms with E-state index in [2.05, 4.69) is 25.0 Å². The van der Waals surface area contributed by atoms with E-state index >= 15 is 0 Å². The standard InChI is InChI=1S/C7H15Ge/c1-5-6-7(2)8(3)4/h2,5-6H2,1,3-4H3. The van der Waals surface area contributed by atoms with Crippen LogP contribution >= 0.6 is 0 Å². The summed E-state index contributed by atoms with van der Waals surface area (Å²) in [6, 6.07) is 0. The average Bonchev–Trinajstić information content (AvgIpc) is 1.67. The maximum atomic E-state index is 4.02. The van der Waals surface area contributed by atoms with Crippen LogP contribution < -0.4 is 0 Å². The van der Waals surface area contributed by atoms with E-state index in [0.29, 0.717) is 0 Å². The molecule has 8 heavy (non-hydrogen) atoms. The molecule has 0 saturated heterocycles. The number of allylic oxidation sites excluding steroid dienone is 1. The van der Waals surface area contributed by atoms with Crippen LogP contribution in [0.4, 0.5) is 0 Å². The second kappa shape index (κ2) is 4.19. The van der Waals surface area contributed by atoms with Crippen LogP contribution in [0.15, 0.2) is 11.0 Å². The Hall–Kier alpha value is 0.283.